The van der Waals surface area contributed by atoms with E-state index in [0.717, 1.165) is 6.92 Å². The topological polar surface area (TPSA) is 24.4 Å². The summed E-state index contributed by atoms with van der Waals surface area (Å²) in [6, 6.07) is 0. The summed E-state index contributed by atoms with van der Waals surface area (Å²) in [5.41, 5.74) is 2.08. The number of hydrogen-bond donors (Lipinski definition) is 1. The summed E-state index contributed by atoms with van der Waals surface area (Å²) in [6.45, 7) is 2.08. The number of hydrazone groups is 1. The molecular formula is C5H10F2N2. The van der Waals surface area contributed by atoms with Gasteiger partial charge in [-0.2, -0.15) is 5.10 Å². The Hall–Kier alpha value is -0.670. The molecule has 4 heteroatoms. The smallest absolute Gasteiger partial charge is 0.284 e. The minimum absolute atomic E-state index is 0.204. The highest BCUT2D eigenvalue weighted by Gasteiger charge is 2.25. The fourth-order valence-electron chi connectivity index (χ4n) is 0.266. The summed E-state index contributed by atoms with van der Waals surface area (Å²) in [7, 11) is 1.48. The van der Waals surface area contributed by atoms with E-state index in [1.807, 2.05) is 0 Å². The molecule has 0 radical (unpaired) electrons. The van der Waals surface area contributed by atoms with Gasteiger partial charge in [0.1, 0.15) is 5.71 Å². The van der Waals surface area contributed by atoms with Crippen LogP contribution in [0.1, 0.15) is 13.8 Å². The van der Waals surface area contributed by atoms with Gasteiger partial charge in [0.25, 0.3) is 5.92 Å². The number of nitrogens with zero attached hydrogens (tertiary/aromatic N) is 1. The second-order valence-corrected chi connectivity index (χ2v) is 1.81. The average Bonchev–Trinajstić information content (AvgIpc) is 1.64. The average molecular weight is 136 g/mol. The molecule has 0 saturated heterocycles. The van der Waals surface area contributed by atoms with Crippen LogP contribution in [0.4, 0.5) is 8.78 Å². The molecule has 0 heterocycles. The van der Waals surface area contributed by atoms with E-state index in [2.05, 4.69) is 10.5 Å². The Morgan fingerprint density at radius 1 is 1.56 bits per heavy atom. The minimum Gasteiger partial charge on any atom is -0.313 e. The van der Waals surface area contributed by atoms with Crippen molar-refractivity contribution in [2.24, 2.45) is 5.10 Å². The largest absolute Gasteiger partial charge is 0.313 e. The van der Waals surface area contributed by atoms with E-state index in [4.69, 9.17) is 0 Å². The van der Waals surface area contributed by atoms with Gasteiger partial charge in [-0.05, 0) is 6.92 Å². The second-order valence-electron chi connectivity index (χ2n) is 1.81. The Kier molecular flexibility index (Phi) is 2.55. The van der Waals surface area contributed by atoms with Crippen molar-refractivity contribution in [3.05, 3.63) is 0 Å². The molecule has 0 fully saturated rings. The molecule has 0 amide bonds. The third kappa shape index (κ3) is 3.00. The number of alkyl halides is 2. The Morgan fingerprint density at radius 2 is 2.00 bits per heavy atom. The van der Waals surface area contributed by atoms with Crippen LogP contribution in [-0.2, 0) is 0 Å². The quantitative estimate of drug-likeness (QED) is 0.448. The van der Waals surface area contributed by atoms with Crippen LogP contribution in [0.5, 0.6) is 0 Å². The number of rotatable bonds is 2. The SMILES string of the molecule is CN/N=C(\C)C(C)(F)F. The zero-order valence-corrected chi connectivity index (χ0v) is 5.70. The summed E-state index contributed by atoms with van der Waals surface area (Å²) < 4.78 is 24.3. The van der Waals surface area contributed by atoms with Gasteiger partial charge in [0.05, 0.1) is 0 Å². The number of nitrogens with one attached hydrogen (secondary N) is 1. The molecule has 1 N–H and O–H groups in total. The van der Waals surface area contributed by atoms with Gasteiger partial charge in [-0.15, -0.1) is 0 Å². The molecular weight excluding hydrogens is 126 g/mol. The van der Waals surface area contributed by atoms with Crippen molar-refractivity contribution in [2.75, 3.05) is 7.05 Å². The summed E-state index contributed by atoms with van der Waals surface area (Å²) in [5.74, 6) is -2.80. The molecule has 0 unspecified atom stereocenters. The van der Waals surface area contributed by atoms with Crippen molar-refractivity contribution < 1.29 is 8.78 Å². The van der Waals surface area contributed by atoms with Gasteiger partial charge in [0.2, 0.25) is 0 Å². The Bertz CT molecular complexity index is 115. The standard InChI is InChI=1S/C5H10F2N2/c1-4(9-8-3)5(2,6)7/h8H,1-3H3/b9-4+. The molecule has 0 saturated carbocycles. The van der Waals surface area contributed by atoms with Crippen LogP contribution >= 0.6 is 0 Å². The van der Waals surface area contributed by atoms with Crippen molar-refractivity contribution in [3.8, 4) is 0 Å². The summed E-state index contributed by atoms with van der Waals surface area (Å²) >= 11 is 0. The molecule has 0 aliphatic rings. The van der Waals surface area contributed by atoms with E-state index < -0.39 is 5.92 Å². The van der Waals surface area contributed by atoms with E-state index in [0.29, 0.717) is 0 Å². The van der Waals surface area contributed by atoms with E-state index in [1.165, 1.54) is 14.0 Å². The van der Waals surface area contributed by atoms with Gasteiger partial charge in [-0.1, -0.05) is 0 Å². The van der Waals surface area contributed by atoms with E-state index in [9.17, 15) is 8.78 Å². The van der Waals surface area contributed by atoms with E-state index in [1.54, 1.807) is 0 Å². The first-order valence-electron chi connectivity index (χ1n) is 2.58. The first kappa shape index (κ1) is 8.33. The molecule has 0 aromatic rings. The molecule has 0 bridgehead atoms. The fraction of sp³-hybridized carbons (Fsp3) is 0.800. The zero-order valence-electron chi connectivity index (χ0n) is 5.70. The maximum Gasteiger partial charge on any atom is 0.284 e. The monoisotopic (exact) mass is 136 g/mol. The van der Waals surface area contributed by atoms with Gasteiger partial charge in [0.15, 0.2) is 0 Å². The van der Waals surface area contributed by atoms with E-state index >= 15 is 0 Å². The highest BCUT2D eigenvalue weighted by atomic mass is 19.3. The maximum absolute atomic E-state index is 12.1. The predicted octanol–water partition coefficient (Wildman–Crippen LogP) is 1.24. The van der Waals surface area contributed by atoms with Gasteiger partial charge in [0, 0.05) is 14.0 Å². The van der Waals surface area contributed by atoms with Crippen molar-refractivity contribution in [3.63, 3.8) is 0 Å². The third-order valence-corrected chi connectivity index (χ3v) is 0.915. The van der Waals surface area contributed by atoms with Crippen LogP contribution in [-0.4, -0.2) is 18.7 Å². The molecule has 0 aromatic carbocycles. The van der Waals surface area contributed by atoms with Crippen LogP contribution in [0.3, 0.4) is 0 Å². The Labute approximate surface area is 52.9 Å². The maximum atomic E-state index is 12.1. The lowest BCUT2D eigenvalue weighted by atomic mass is 10.3. The molecule has 0 atom stereocenters. The van der Waals surface area contributed by atoms with Crippen LogP contribution in [0.15, 0.2) is 5.10 Å². The van der Waals surface area contributed by atoms with Gasteiger partial charge < -0.3 is 5.43 Å². The summed E-state index contributed by atoms with van der Waals surface area (Å²) in [6.07, 6.45) is 0. The minimum atomic E-state index is -2.80. The van der Waals surface area contributed by atoms with Crippen LogP contribution in [0.2, 0.25) is 0 Å². The zero-order chi connectivity index (χ0) is 7.49. The molecule has 0 aliphatic carbocycles. The molecule has 0 aromatic heterocycles. The first-order chi connectivity index (χ1) is 3.98. The van der Waals surface area contributed by atoms with Crippen molar-refractivity contribution >= 4 is 5.71 Å². The van der Waals surface area contributed by atoms with E-state index in [-0.39, 0.29) is 5.71 Å². The van der Waals surface area contributed by atoms with Crippen LogP contribution < -0.4 is 5.43 Å². The molecule has 9 heavy (non-hydrogen) atoms. The Balaban J connectivity index is 4.03. The molecule has 0 rings (SSSR count). The second kappa shape index (κ2) is 2.75. The fourth-order valence-corrected chi connectivity index (χ4v) is 0.266. The lowest BCUT2D eigenvalue weighted by molar-refractivity contribution is 0.0991. The van der Waals surface area contributed by atoms with Gasteiger partial charge >= 0.3 is 0 Å². The third-order valence-electron chi connectivity index (χ3n) is 0.915. The highest BCUT2D eigenvalue weighted by Crippen LogP contribution is 2.12. The molecule has 2 nitrogen and oxygen atoms in total. The lowest BCUT2D eigenvalue weighted by Gasteiger charge is -2.07. The summed E-state index contributed by atoms with van der Waals surface area (Å²) in [4.78, 5) is 0. The number of hydrogen-bond acceptors (Lipinski definition) is 2. The first-order valence-corrected chi connectivity index (χ1v) is 2.58. The normalized spacial score (nSPS) is 13.7. The van der Waals surface area contributed by atoms with Crippen LogP contribution in [0.25, 0.3) is 0 Å². The highest BCUT2D eigenvalue weighted by molar-refractivity contribution is 5.88. The van der Waals surface area contributed by atoms with Gasteiger partial charge in [-0.3, -0.25) is 0 Å². The van der Waals surface area contributed by atoms with Crippen molar-refractivity contribution in [1.82, 2.24) is 5.43 Å². The molecule has 0 aliphatic heterocycles. The Morgan fingerprint density at radius 3 is 2.11 bits per heavy atom. The van der Waals surface area contributed by atoms with Crippen molar-refractivity contribution in [1.29, 1.82) is 0 Å². The van der Waals surface area contributed by atoms with Crippen molar-refractivity contribution in [2.45, 2.75) is 19.8 Å². The number of halogens is 2. The van der Waals surface area contributed by atoms with Gasteiger partial charge in [-0.25, -0.2) is 8.78 Å². The predicted molar refractivity (Wildman–Crippen MR) is 32.8 cm³/mol. The molecule has 54 valence electrons. The summed E-state index contributed by atoms with van der Waals surface area (Å²) in [5, 5.41) is 3.31. The molecule has 0 spiro atoms. The van der Waals surface area contributed by atoms with Crippen LogP contribution in [0, 0.1) is 0 Å². The lowest BCUT2D eigenvalue weighted by Crippen LogP contribution is -2.23.